The maximum absolute atomic E-state index is 5.41. The third-order valence-corrected chi connectivity index (χ3v) is 4.22. The molecule has 1 aromatic carbocycles. The van der Waals surface area contributed by atoms with Crippen LogP contribution in [0.3, 0.4) is 0 Å². The minimum Gasteiger partial charge on any atom is -0.493 e. The van der Waals surface area contributed by atoms with Crippen LogP contribution < -0.4 is 9.47 Å². The van der Waals surface area contributed by atoms with Crippen molar-refractivity contribution >= 4 is 21.9 Å². The smallest absolute Gasteiger partial charge is 0.162 e. The Morgan fingerprint density at radius 2 is 1.78 bits per heavy atom. The Kier molecular flexibility index (Phi) is 3.01. The van der Waals surface area contributed by atoms with E-state index in [1.807, 2.05) is 25.2 Å². The molecule has 1 N–H and O–H groups in total. The average Bonchev–Trinajstić information content (AvgIpc) is 3.14. The first-order valence-corrected chi connectivity index (χ1v) is 7.37. The maximum atomic E-state index is 5.41. The van der Waals surface area contributed by atoms with Gasteiger partial charge < -0.3 is 19.0 Å². The summed E-state index contributed by atoms with van der Waals surface area (Å²) in [6.45, 7) is 0. The largest absolute Gasteiger partial charge is 0.493 e. The lowest BCUT2D eigenvalue weighted by molar-refractivity contribution is 0.355. The quantitative estimate of drug-likeness (QED) is 0.627. The van der Waals surface area contributed by atoms with Gasteiger partial charge in [-0.15, -0.1) is 0 Å². The molecule has 0 saturated heterocycles. The number of aromatic nitrogens is 3. The highest BCUT2D eigenvalue weighted by Crippen LogP contribution is 2.36. The van der Waals surface area contributed by atoms with Gasteiger partial charge in [0.1, 0.15) is 5.65 Å². The monoisotopic (exact) mass is 307 g/mol. The first-order valence-electron chi connectivity index (χ1n) is 7.37. The zero-order valence-electron chi connectivity index (χ0n) is 13.3. The summed E-state index contributed by atoms with van der Waals surface area (Å²) in [6.07, 6.45) is 1.79. The molecule has 0 radical (unpaired) electrons. The molecule has 23 heavy (non-hydrogen) atoms. The van der Waals surface area contributed by atoms with Crippen molar-refractivity contribution in [2.75, 3.05) is 14.2 Å². The SMILES string of the molecule is COc1cc2cc(-c3cc4cccnc4[nH]3)n(C)c2cc1OC. The Balaban J connectivity index is 1.95. The zero-order chi connectivity index (χ0) is 16.0. The van der Waals surface area contributed by atoms with Gasteiger partial charge in [0.25, 0.3) is 0 Å². The van der Waals surface area contributed by atoms with Gasteiger partial charge in [-0.25, -0.2) is 4.98 Å². The van der Waals surface area contributed by atoms with Crippen LogP contribution in [-0.2, 0) is 7.05 Å². The van der Waals surface area contributed by atoms with Crippen LogP contribution in [0, 0.1) is 0 Å². The molecule has 0 saturated carbocycles. The number of hydrogen-bond donors (Lipinski definition) is 1. The summed E-state index contributed by atoms with van der Waals surface area (Å²) in [5.74, 6) is 1.46. The van der Waals surface area contributed by atoms with E-state index in [1.54, 1.807) is 20.4 Å². The molecule has 5 heteroatoms. The van der Waals surface area contributed by atoms with E-state index >= 15 is 0 Å². The highest BCUT2D eigenvalue weighted by atomic mass is 16.5. The van der Waals surface area contributed by atoms with Gasteiger partial charge in [-0.1, -0.05) is 0 Å². The van der Waals surface area contributed by atoms with E-state index in [2.05, 4.69) is 32.7 Å². The number of hydrogen-bond acceptors (Lipinski definition) is 3. The number of fused-ring (bicyclic) bond motifs is 2. The number of rotatable bonds is 3. The van der Waals surface area contributed by atoms with Crippen molar-refractivity contribution in [2.24, 2.45) is 7.05 Å². The fourth-order valence-electron chi connectivity index (χ4n) is 3.02. The summed E-state index contributed by atoms with van der Waals surface area (Å²) < 4.78 is 12.9. The predicted molar refractivity (Wildman–Crippen MR) is 91.1 cm³/mol. The Morgan fingerprint density at radius 3 is 2.52 bits per heavy atom. The minimum atomic E-state index is 0.728. The molecule has 0 aliphatic heterocycles. The van der Waals surface area contributed by atoms with Crippen molar-refractivity contribution in [2.45, 2.75) is 0 Å². The van der Waals surface area contributed by atoms with E-state index in [0.717, 1.165) is 44.8 Å². The van der Waals surface area contributed by atoms with Crippen molar-refractivity contribution in [3.8, 4) is 22.9 Å². The second kappa shape index (κ2) is 5.05. The van der Waals surface area contributed by atoms with E-state index in [0.29, 0.717) is 0 Å². The van der Waals surface area contributed by atoms with Crippen LogP contribution in [0.4, 0.5) is 0 Å². The molecule has 0 aliphatic carbocycles. The second-order valence-electron chi connectivity index (χ2n) is 5.48. The van der Waals surface area contributed by atoms with E-state index in [1.165, 1.54) is 0 Å². The van der Waals surface area contributed by atoms with Crippen molar-refractivity contribution < 1.29 is 9.47 Å². The number of ether oxygens (including phenoxy) is 2. The number of methoxy groups -OCH3 is 2. The fraction of sp³-hybridized carbons (Fsp3) is 0.167. The van der Waals surface area contributed by atoms with Crippen LogP contribution >= 0.6 is 0 Å². The van der Waals surface area contributed by atoms with E-state index in [-0.39, 0.29) is 0 Å². The molecule has 0 bridgehead atoms. The third kappa shape index (κ3) is 2.04. The molecule has 0 atom stereocenters. The molecule has 0 unspecified atom stereocenters. The van der Waals surface area contributed by atoms with Gasteiger partial charge in [0.2, 0.25) is 0 Å². The van der Waals surface area contributed by atoms with Crippen LogP contribution in [0.15, 0.2) is 42.6 Å². The topological polar surface area (TPSA) is 52.1 Å². The Labute approximate surface area is 133 Å². The lowest BCUT2D eigenvalue weighted by Crippen LogP contribution is -1.93. The summed E-state index contributed by atoms with van der Waals surface area (Å²) in [4.78, 5) is 7.74. The molecule has 3 heterocycles. The fourth-order valence-corrected chi connectivity index (χ4v) is 3.02. The van der Waals surface area contributed by atoms with Gasteiger partial charge in [0, 0.05) is 30.1 Å². The number of H-pyrrole nitrogens is 1. The molecular formula is C18H17N3O2. The lowest BCUT2D eigenvalue weighted by atomic mass is 10.2. The normalized spacial score (nSPS) is 11.3. The van der Waals surface area contributed by atoms with Gasteiger partial charge in [0.05, 0.1) is 31.1 Å². The maximum Gasteiger partial charge on any atom is 0.162 e. The van der Waals surface area contributed by atoms with E-state index in [9.17, 15) is 0 Å². The Hall–Kier alpha value is -2.95. The highest BCUT2D eigenvalue weighted by Gasteiger charge is 2.14. The van der Waals surface area contributed by atoms with Gasteiger partial charge in [-0.05, 0) is 30.3 Å². The van der Waals surface area contributed by atoms with Crippen LogP contribution in [0.1, 0.15) is 0 Å². The van der Waals surface area contributed by atoms with Gasteiger partial charge in [-0.2, -0.15) is 0 Å². The van der Waals surface area contributed by atoms with Crippen LogP contribution in [0.2, 0.25) is 0 Å². The van der Waals surface area contributed by atoms with Crippen molar-refractivity contribution in [1.29, 1.82) is 0 Å². The molecule has 0 spiro atoms. The minimum absolute atomic E-state index is 0.728. The number of nitrogens with one attached hydrogen (secondary N) is 1. The van der Waals surface area contributed by atoms with Crippen LogP contribution in [-0.4, -0.2) is 28.8 Å². The molecule has 116 valence electrons. The third-order valence-electron chi connectivity index (χ3n) is 4.22. The van der Waals surface area contributed by atoms with E-state index in [4.69, 9.17) is 9.47 Å². The van der Waals surface area contributed by atoms with Gasteiger partial charge in [-0.3, -0.25) is 0 Å². The first kappa shape index (κ1) is 13.7. The molecule has 5 nitrogen and oxygen atoms in total. The number of nitrogens with zero attached hydrogens (tertiary/aromatic N) is 2. The summed E-state index contributed by atoms with van der Waals surface area (Å²) in [5, 5.41) is 2.20. The predicted octanol–water partition coefficient (Wildman–Crippen LogP) is 3.74. The molecule has 0 amide bonds. The van der Waals surface area contributed by atoms with E-state index < -0.39 is 0 Å². The first-order chi connectivity index (χ1) is 11.2. The van der Waals surface area contributed by atoms with Gasteiger partial charge in [0.15, 0.2) is 11.5 Å². The van der Waals surface area contributed by atoms with Crippen molar-refractivity contribution in [1.82, 2.24) is 14.5 Å². The number of aryl methyl sites for hydroxylation is 1. The van der Waals surface area contributed by atoms with Crippen molar-refractivity contribution in [3.05, 3.63) is 42.6 Å². The second-order valence-corrected chi connectivity index (χ2v) is 5.48. The van der Waals surface area contributed by atoms with Crippen molar-refractivity contribution in [3.63, 3.8) is 0 Å². The van der Waals surface area contributed by atoms with Crippen LogP contribution in [0.5, 0.6) is 11.5 Å². The molecule has 4 rings (SSSR count). The molecule has 3 aromatic heterocycles. The molecule has 4 aromatic rings. The molecular weight excluding hydrogens is 290 g/mol. The number of aromatic amines is 1. The summed E-state index contributed by atoms with van der Waals surface area (Å²) in [6, 6.07) is 12.2. The Bertz CT molecular complexity index is 981. The molecule has 0 fully saturated rings. The highest BCUT2D eigenvalue weighted by molar-refractivity contribution is 5.91. The Morgan fingerprint density at radius 1 is 1.00 bits per heavy atom. The van der Waals surface area contributed by atoms with Gasteiger partial charge >= 0.3 is 0 Å². The van der Waals surface area contributed by atoms with Crippen LogP contribution in [0.25, 0.3) is 33.3 Å². The average molecular weight is 307 g/mol. The zero-order valence-corrected chi connectivity index (χ0v) is 13.3. The summed E-state index contributed by atoms with van der Waals surface area (Å²) in [7, 11) is 5.34. The molecule has 0 aliphatic rings. The summed E-state index contributed by atoms with van der Waals surface area (Å²) >= 11 is 0. The standard InChI is InChI=1S/C18H17N3O2/c1-21-14-10-17(23-3)16(22-2)9-12(14)8-15(21)13-7-11-5-4-6-19-18(11)20-13/h4-10H,1-3H3,(H,19,20). The summed E-state index contributed by atoms with van der Waals surface area (Å²) in [5.41, 5.74) is 4.11. The number of benzene rings is 1. The number of pyridine rings is 1. The lowest BCUT2D eigenvalue weighted by Gasteiger charge is -2.08.